The Morgan fingerprint density at radius 2 is 1.62 bits per heavy atom. The summed E-state index contributed by atoms with van der Waals surface area (Å²) in [6.07, 6.45) is 6.76. The molecule has 9 heteroatoms. The molecule has 8 nitrogen and oxygen atoms in total. The summed E-state index contributed by atoms with van der Waals surface area (Å²) in [5, 5.41) is 6.51. The number of benzene rings is 2. The van der Waals surface area contributed by atoms with Gasteiger partial charge in [0.15, 0.2) is 0 Å². The van der Waals surface area contributed by atoms with Crippen molar-refractivity contribution in [1.29, 1.82) is 0 Å². The van der Waals surface area contributed by atoms with Crippen LogP contribution in [-0.2, 0) is 37.9 Å². The number of nitrogens with one attached hydrogen (secondary N) is 2. The molecular weight excluding hydrogens is 524 g/mol. The third kappa shape index (κ3) is 5.26. The average Bonchev–Trinajstić information content (AvgIpc) is 3.52. The van der Waals surface area contributed by atoms with E-state index in [2.05, 4.69) is 34.9 Å². The van der Waals surface area contributed by atoms with Gasteiger partial charge in [0, 0.05) is 31.0 Å². The number of piperidine rings is 2. The number of hydrogen-bond acceptors (Lipinski definition) is 5. The molecule has 2 amide bonds. The maximum absolute atomic E-state index is 14.0. The Balaban J connectivity index is 1.17. The number of carbonyl (C=O) groups excluding carboxylic acids is 2. The van der Waals surface area contributed by atoms with Crippen molar-refractivity contribution in [3.8, 4) is 0 Å². The van der Waals surface area contributed by atoms with Gasteiger partial charge in [-0.3, -0.25) is 13.9 Å². The molecule has 2 N–H and O–H groups in total. The average molecular weight is 565 g/mol. The Bertz CT molecular complexity index is 1350. The van der Waals surface area contributed by atoms with E-state index in [9.17, 15) is 18.0 Å². The molecule has 214 valence electrons. The molecule has 1 unspecified atom stereocenters. The molecule has 3 aliphatic heterocycles. The number of fused-ring (bicyclic) bond motifs is 3. The quantitative estimate of drug-likeness (QED) is 0.562. The minimum atomic E-state index is -3.39. The van der Waals surface area contributed by atoms with Gasteiger partial charge in [-0.1, -0.05) is 42.5 Å². The highest BCUT2D eigenvalue weighted by Gasteiger charge is 2.48. The van der Waals surface area contributed by atoms with Gasteiger partial charge in [-0.05, 0) is 86.7 Å². The van der Waals surface area contributed by atoms with E-state index in [1.165, 1.54) is 21.7 Å². The largest absolute Gasteiger partial charge is 0.344 e. The van der Waals surface area contributed by atoms with Crippen LogP contribution < -0.4 is 14.9 Å². The SMILES string of the molecule is CS(=O)(=O)N1CC2(CCN(C(=O)C(CC3Cc4ccccc4C3)NC(=O)C3CCNCC3)CC2)c2ccccc21. The maximum atomic E-state index is 14.0. The summed E-state index contributed by atoms with van der Waals surface area (Å²) in [4.78, 5) is 29.2. The van der Waals surface area contributed by atoms with Crippen molar-refractivity contribution in [2.24, 2.45) is 11.8 Å². The molecule has 2 saturated heterocycles. The molecule has 0 bridgehead atoms. The van der Waals surface area contributed by atoms with Crippen molar-refractivity contribution in [2.75, 3.05) is 43.3 Å². The second kappa shape index (κ2) is 10.8. The van der Waals surface area contributed by atoms with Gasteiger partial charge in [-0.15, -0.1) is 0 Å². The molecule has 40 heavy (non-hydrogen) atoms. The van der Waals surface area contributed by atoms with Crippen LogP contribution in [0.4, 0.5) is 5.69 Å². The van der Waals surface area contributed by atoms with Crippen LogP contribution in [-0.4, -0.2) is 70.2 Å². The van der Waals surface area contributed by atoms with Crippen LogP contribution in [0.3, 0.4) is 0 Å². The molecular formula is C31H40N4O4S. The van der Waals surface area contributed by atoms with Crippen molar-refractivity contribution < 1.29 is 18.0 Å². The minimum absolute atomic E-state index is 0.000609. The fourth-order valence-corrected chi connectivity index (χ4v) is 8.43. The van der Waals surface area contributed by atoms with Crippen LogP contribution in [0.1, 0.15) is 48.8 Å². The first-order valence-corrected chi connectivity index (χ1v) is 16.5. The van der Waals surface area contributed by atoms with Gasteiger partial charge < -0.3 is 15.5 Å². The fourth-order valence-electron chi connectivity index (χ4n) is 7.43. The fraction of sp³-hybridized carbons (Fsp3) is 0.548. The van der Waals surface area contributed by atoms with E-state index < -0.39 is 16.1 Å². The van der Waals surface area contributed by atoms with E-state index in [0.717, 1.165) is 50.0 Å². The number of hydrogen-bond donors (Lipinski definition) is 2. The first kappa shape index (κ1) is 27.3. The molecule has 3 heterocycles. The smallest absolute Gasteiger partial charge is 0.245 e. The second-order valence-electron chi connectivity index (χ2n) is 12.3. The van der Waals surface area contributed by atoms with Gasteiger partial charge in [0.2, 0.25) is 21.8 Å². The Morgan fingerprint density at radius 1 is 1.00 bits per heavy atom. The van der Waals surface area contributed by atoms with Crippen molar-refractivity contribution in [3.05, 3.63) is 65.2 Å². The predicted octanol–water partition coefficient (Wildman–Crippen LogP) is 2.62. The lowest BCUT2D eigenvalue weighted by atomic mass is 9.74. The highest BCUT2D eigenvalue weighted by atomic mass is 32.2. The van der Waals surface area contributed by atoms with E-state index in [1.807, 2.05) is 29.2 Å². The van der Waals surface area contributed by atoms with Gasteiger partial charge in [0.25, 0.3) is 0 Å². The van der Waals surface area contributed by atoms with Crippen LogP contribution >= 0.6 is 0 Å². The van der Waals surface area contributed by atoms with Crippen LogP contribution in [0.15, 0.2) is 48.5 Å². The molecule has 4 aliphatic rings. The number of likely N-dealkylation sites (tertiary alicyclic amines) is 1. The molecule has 2 aromatic rings. The highest BCUT2D eigenvalue weighted by molar-refractivity contribution is 7.92. The summed E-state index contributed by atoms with van der Waals surface area (Å²) in [6, 6.07) is 15.7. The summed E-state index contributed by atoms with van der Waals surface area (Å²) in [7, 11) is -3.39. The second-order valence-corrected chi connectivity index (χ2v) is 14.2. The molecule has 0 aromatic heterocycles. The number of anilines is 1. The lowest BCUT2D eigenvalue weighted by Gasteiger charge is -2.41. The van der Waals surface area contributed by atoms with E-state index in [-0.39, 0.29) is 23.1 Å². The number of nitrogens with zero attached hydrogens (tertiary/aromatic N) is 2. The van der Waals surface area contributed by atoms with Crippen LogP contribution in [0.5, 0.6) is 0 Å². The number of carbonyl (C=O) groups is 2. The molecule has 2 aromatic carbocycles. The predicted molar refractivity (Wildman–Crippen MR) is 156 cm³/mol. The summed E-state index contributed by atoms with van der Waals surface area (Å²) in [6.45, 7) is 3.18. The van der Waals surface area contributed by atoms with Gasteiger partial charge in [-0.25, -0.2) is 8.42 Å². The zero-order chi connectivity index (χ0) is 27.9. The summed E-state index contributed by atoms with van der Waals surface area (Å²) in [5.41, 5.74) is 4.22. The van der Waals surface area contributed by atoms with Gasteiger partial charge in [0.05, 0.1) is 11.9 Å². The van der Waals surface area contributed by atoms with E-state index in [1.54, 1.807) is 0 Å². The molecule has 2 fully saturated rings. The van der Waals surface area contributed by atoms with Crippen molar-refractivity contribution in [1.82, 2.24) is 15.5 Å². The topological polar surface area (TPSA) is 98.8 Å². The highest BCUT2D eigenvalue weighted by Crippen LogP contribution is 2.48. The number of para-hydroxylation sites is 1. The van der Waals surface area contributed by atoms with Crippen LogP contribution in [0.2, 0.25) is 0 Å². The van der Waals surface area contributed by atoms with Gasteiger partial charge >= 0.3 is 0 Å². The third-order valence-corrected chi connectivity index (χ3v) is 10.8. The minimum Gasteiger partial charge on any atom is -0.344 e. The first-order chi connectivity index (χ1) is 19.2. The lowest BCUT2D eigenvalue weighted by Crippen LogP contribution is -2.55. The third-order valence-electron chi connectivity index (χ3n) is 9.65. The van der Waals surface area contributed by atoms with Crippen molar-refractivity contribution >= 4 is 27.5 Å². The first-order valence-electron chi connectivity index (χ1n) is 14.7. The van der Waals surface area contributed by atoms with Crippen LogP contribution in [0, 0.1) is 11.8 Å². The van der Waals surface area contributed by atoms with Crippen LogP contribution in [0.25, 0.3) is 0 Å². The Hall–Kier alpha value is -2.91. The van der Waals surface area contributed by atoms with Crippen molar-refractivity contribution in [3.63, 3.8) is 0 Å². The normalized spacial score (nSPS) is 21.7. The van der Waals surface area contributed by atoms with Gasteiger partial charge in [-0.2, -0.15) is 0 Å². The number of sulfonamides is 1. The molecule has 1 atom stereocenters. The maximum Gasteiger partial charge on any atom is 0.245 e. The molecule has 1 aliphatic carbocycles. The van der Waals surface area contributed by atoms with E-state index in [0.29, 0.717) is 44.8 Å². The monoisotopic (exact) mass is 564 g/mol. The number of rotatable bonds is 6. The lowest BCUT2D eigenvalue weighted by molar-refractivity contribution is -0.139. The molecule has 1 spiro atoms. The Morgan fingerprint density at radius 3 is 2.27 bits per heavy atom. The van der Waals surface area contributed by atoms with Gasteiger partial charge in [0.1, 0.15) is 6.04 Å². The Kier molecular flexibility index (Phi) is 7.38. The van der Waals surface area contributed by atoms with E-state index >= 15 is 0 Å². The standard InChI is InChI=1S/C31H40N4O4S/c1-40(38,39)35-21-31(26-8-4-5-9-28(26)35)12-16-34(17-13-31)30(37)27(33-29(36)23-10-14-32-15-11-23)20-22-18-24-6-2-3-7-25(24)19-22/h2-9,22-23,27,32H,10-21H2,1H3,(H,33,36). The molecule has 6 rings (SSSR count). The molecule has 0 saturated carbocycles. The zero-order valence-electron chi connectivity index (χ0n) is 23.3. The summed E-state index contributed by atoms with van der Waals surface area (Å²) >= 11 is 0. The summed E-state index contributed by atoms with van der Waals surface area (Å²) in [5.74, 6) is 0.261. The zero-order valence-corrected chi connectivity index (χ0v) is 24.1. The molecule has 0 radical (unpaired) electrons. The Labute approximate surface area is 237 Å². The van der Waals surface area contributed by atoms with Crippen molar-refractivity contribution in [2.45, 2.75) is 56.4 Å². The number of amides is 2. The van der Waals surface area contributed by atoms with E-state index in [4.69, 9.17) is 0 Å². The summed E-state index contributed by atoms with van der Waals surface area (Å²) < 4.78 is 26.7.